The van der Waals surface area contributed by atoms with Crippen LogP contribution in [0.1, 0.15) is 11.1 Å². The number of nitrogens with one attached hydrogen (secondary N) is 1. The molecule has 0 radical (unpaired) electrons. The monoisotopic (exact) mass is 511 g/mol. The fourth-order valence-corrected chi connectivity index (χ4v) is 3.49. The van der Waals surface area contributed by atoms with Gasteiger partial charge in [0, 0.05) is 24.6 Å². The summed E-state index contributed by atoms with van der Waals surface area (Å²) in [4.78, 5) is 19.9. The number of hydrogen-bond acceptors (Lipinski definition) is 7. The maximum absolute atomic E-state index is 12.3. The first-order valence-electron chi connectivity index (χ1n) is 10.2. The number of rotatable bonds is 8. The van der Waals surface area contributed by atoms with Gasteiger partial charge >= 0.3 is 18.3 Å². The maximum atomic E-state index is 12.3. The predicted molar refractivity (Wildman–Crippen MR) is 122 cm³/mol. The predicted octanol–water partition coefficient (Wildman–Crippen LogP) is 4.52. The highest BCUT2D eigenvalue weighted by Crippen LogP contribution is 2.33. The topological polar surface area (TPSA) is 103 Å². The van der Waals surface area contributed by atoms with Crippen molar-refractivity contribution in [2.24, 2.45) is 0 Å². The lowest BCUT2D eigenvalue weighted by atomic mass is 10.0. The number of fused-ring (bicyclic) bond motifs is 1. The molecule has 0 saturated carbocycles. The Labute approximate surface area is 204 Å². The van der Waals surface area contributed by atoms with Crippen LogP contribution in [0, 0.1) is 0 Å². The molecule has 3 aromatic rings. The Hall–Kier alpha value is -3.73. The number of carboxylic acids is 1. The molecule has 1 unspecified atom stereocenters. The molecule has 0 spiro atoms. The van der Waals surface area contributed by atoms with Crippen LogP contribution in [-0.4, -0.2) is 47.2 Å². The van der Waals surface area contributed by atoms with Crippen molar-refractivity contribution in [3.05, 3.63) is 59.7 Å². The molecule has 0 bridgehead atoms. The molecule has 0 saturated heterocycles. The number of hydrogen-bond donors (Lipinski definition) is 2. The number of carbonyl (C=O) groups is 1. The van der Waals surface area contributed by atoms with E-state index >= 15 is 0 Å². The van der Waals surface area contributed by atoms with E-state index in [-0.39, 0.29) is 30.6 Å². The number of aliphatic carboxylic acids is 1. The molecule has 2 heterocycles. The third-order valence-electron chi connectivity index (χ3n) is 5.07. The van der Waals surface area contributed by atoms with Crippen molar-refractivity contribution < 1.29 is 37.3 Å². The van der Waals surface area contributed by atoms with Crippen molar-refractivity contribution in [2.45, 2.75) is 25.3 Å². The zero-order valence-corrected chi connectivity index (χ0v) is 19.2. The number of nitrogens with zero attached hydrogens (tertiary/aromatic N) is 2. The van der Waals surface area contributed by atoms with E-state index in [1.165, 1.54) is 19.2 Å². The van der Waals surface area contributed by atoms with Crippen molar-refractivity contribution in [1.29, 1.82) is 0 Å². The van der Waals surface area contributed by atoms with Crippen LogP contribution in [0.15, 0.2) is 48.5 Å². The first-order valence-corrected chi connectivity index (χ1v) is 10.2. The molecule has 12 heteroatoms. The van der Waals surface area contributed by atoms with E-state index in [1.807, 2.05) is 6.07 Å². The smallest absolute Gasteiger partial charge is 0.478 e. The van der Waals surface area contributed by atoms with Gasteiger partial charge in [-0.25, -0.2) is 4.79 Å². The first kappa shape index (κ1) is 25.9. The summed E-state index contributed by atoms with van der Waals surface area (Å²) in [6.45, 7) is 0.456. The van der Waals surface area contributed by atoms with E-state index in [9.17, 15) is 23.1 Å². The molecule has 0 aliphatic carbocycles. The van der Waals surface area contributed by atoms with E-state index in [0.29, 0.717) is 30.2 Å². The minimum atomic E-state index is -4.73. The van der Waals surface area contributed by atoms with Gasteiger partial charge in [-0.15, -0.1) is 25.6 Å². The Morgan fingerprint density at radius 2 is 1.91 bits per heavy atom. The summed E-state index contributed by atoms with van der Waals surface area (Å²) in [7, 11) is 1.45. The van der Waals surface area contributed by atoms with Crippen LogP contribution in [0.2, 0.25) is 0 Å². The van der Waals surface area contributed by atoms with Gasteiger partial charge in [-0.2, -0.15) is 9.97 Å². The molecule has 0 amide bonds. The van der Waals surface area contributed by atoms with Crippen molar-refractivity contribution in [3.63, 3.8) is 0 Å². The second-order valence-corrected chi connectivity index (χ2v) is 7.47. The summed E-state index contributed by atoms with van der Waals surface area (Å²) < 4.78 is 51.3. The first-order chi connectivity index (χ1) is 16.2. The third kappa shape index (κ3) is 6.66. The van der Waals surface area contributed by atoms with Crippen LogP contribution in [0.4, 0.5) is 19.0 Å². The van der Waals surface area contributed by atoms with Gasteiger partial charge < -0.3 is 24.6 Å². The summed E-state index contributed by atoms with van der Waals surface area (Å²) in [5.74, 6) is -0.263. The molecular formula is C23H21ClF3N3O5. The van der Waals surface area contributed by atoms with Crippen molar-refractivity contribution >= 4 is 24.2 Å². The van der Waals surface area contributed by atoms with Gasteiger partial charge in [-0.05, 0) is 47.9 Å². The van der Waals surface area contributed by atoms with Gasteiger partial charge in [0.05, 0.1) is 12.8 Å². The molecule has 8 nitrogen and oxygen atoms in total. The summed E-state index contributed by atoms with van der Waals surface area (Å²) in [6.07, 6.45) is -4.84. The zero-order chi connectivity index (χ0) is 24.3. The second-order valence-electron chi connectivity index (χ2n) is 7.47. The Morgan fingerprint density at radius 3 is 2.57 bits per heavy atom. The lowest BCUT2D eigenvalue weighted by Gasteiger charge is -2.11. The van der Waals surface area contributed by atoms with E-state index < -0.39 is 18.4 Å². The lowest BCUT2D eigenvalue weighted by Crippen LogP contribution is -2.24. The molecule has 0 fully saturated rings. The Balaban J connectivity index is 0.00000342. The van der Waals surface area contributed by atoms with Gasteiger partial charge in [-0.3, -0.25) is 0 Å². The number of carboxylic acid groups (broad SMARTS) is 1. The quantitative estimate of drug-likeness (QED) is 0.455. The lowest BCUT2D eigenvalue weighted by molar-refractivity contribution is -0.274. The highest BCUT2D eigenvalue weighted by Gasteiger charge is 2.31. The number of anilines is 1. The van der Waals surface area contributed by atoms with Crippen LogP contribution < -0.4 is 19.5 Å². The third-order valence-corrected chi connectivity index (χ3v) is 5.07. The largest absolute Gasteiger partial charge is 0.573 e. The second kappa shape index (κ2) is 10.7. The van der Waals surface area contributed by atoms with Gasteiger partial charge in [-0.1, -0.05) is 12.1 Å². The van der Waals surface area contributed by atoms with Crippen molar-refractivity contribution in [2.75, 3.05) is 19.0 Å². The van der Waals surface area contributed by atoms with E-state index in [2.05, 4.69) is 20.0 Å². The van der Waals surface area contributed by atoms with E-state index in [1.54, 1.807) is 30.3 Å². The zero-order valence-electron chi connectivity index (χ0n) is 18.3. The number of benzene rings is 2. The fraction of sp³-hybridized carbons (Fsp3) is 0.261. The van der Waals surface area contributed by atoms with E-state index in [4.69, 9.17) is 9.47 Å². The molecule has 1 aliphatic rings. The van der Waals surface area contributed by atoms with Crippen LogP contribution in [-0.2, 0) is 17.6 Å². The molecule has 1 aliphatic heterocycles. The van der Waals surface area contributed by atoms with Gasteiger partial charge in [0.1, 0.15) is 17.3 Å². The summed E-state index contributed by atoms with van der Waals surface area (Å²) in [6, 6.07) is 12.8. The van der Waals surface area contributed by atoms with Gasteiger partial charge in [0.2, 0.25) is 0 Å². The molecule has 1 aromatic heterocycles. The summed E-state index contributed by atoms with van der Waals surface area (Å²) >= 11 is 0. The van der Waals surface area contributed by atoms with Crippen molar-refractivity contribution in [3.8, 4) is 28.8 Å². The summed E-state index contributed by atoms with van der Waals surface area (Å²) in [5, 5.41) is 12.3. The normalized spacial score (nSPS) is 14.3. The highest BCUT2D eigenvalue weighted by atomic mass is 35.5. The van der Waals surface area contributed by atoms with Crippen LogP contribution in [0.25, 0.3) is 11.3 Å². The molecular weight excluding hydrogens is 491 g/mol. The number of alkyl halides is 3. The standard InChI is InChI=1S/C23H20F3N3O5.ClH/c1-32-22-28-17(14-4-7-18-15(10-14)11-19(33-18)21(30)31)12-20(29-22)27-9-8-13-2-5-16(6-3-13)34-23(24,25)26;/h2-7,10,12,19H,8-9,11H2,1H3,(H,30,31)(H,27,28,29);1H. The highest BCUT2D eigenvalue weighted by molar-refractivity contribution is 5.85. The molecule has 1 atom stereocenters. The molecule has 4 rings (SSSR count). The van der Waals surface area contributed by atoms with Gasteiger partial charge in [0.25, 0.3) is 0 Å². The Kier molecular flexibility index (Phi) is 7.90. The molecule has 2 aromatic carbocycles. The summed E-state index contributed by atoms with van der Waals surface area (Å²) in [5.41, 5.74) is 2.91. The average Bonchev–Trinajstić information content (AvgIpc) is 3.23. The minimum Gasteiger partial charge on any atom is -0.478 e. The number of methoxy groups -OCH3 is 1. The SMILES string of the molecule is COc1nc(NCCc2ccc(OC(F)(F)F)cc2)cc(-c2ccc3c(c2)CC(C(=O)O)O3)n1.Cl. The minimum absolute atomic E-state index is 0. The van der Waals surface area contributed by atoms with Crippen LogP contribution >= 0.6 is 12.4 Å². The van der Waals surface area contributed by atoms with E-state index in [0.717, 1.165) is 16.7 Å². The molecule has 2 N–H and O–H groups in total. The number of ether oxygens (including phenoxy) is 3. The van der Waals surface area contributed by atoms with Crippen molar-refractivity contribution in [1.82, 2.24) is 9.97 Å². The fourth-order valence-electron chi connectivity index (χ4n) is 3.49. The average molecular weight is 512 g/mol. The number of halogens is 4. The van der Waals surface area contributed by atoms with Gasteiger partial charge in [0.15, 0.2) is 6.10 Å². The number of aromatic nitrogens is 2. The Morgan fingerprint density at radius 1 is 1.17 bits per heavy atom. The molecule has 186 valence electrons. The van der Waals surface area contributed by atoms with Crippen LogP contribution in [0.3, 0.4) is 0 Å². The maximum Gasteiger partial charge on any atom is 0.573 e. The molecule has 35 heavy (non-hydrogen) atoms. The van der Waals surface area contributed by atoms with Crippen LogP contribution in [0.5, 0.6) is 17.5 Å². The Bertz CT molecular complexity index is 1190.